The van der Waals surface area contributed by atoms with Gasteiger partial charge < -0.3 is 4.74 Å². The normalized spacial score (nSPS) is 14.0. The molecule has 45 heavy (non-hydrogen) atoms. The number of Topliss-reactive ketones (excluding diaryl/α,β-unsaturated/α-hetero) is 4. The minimum atomic E-state index is -0.728. The summed E-state index contributed by atoms with van der Waals surface area (Å²) < 4.78 is 8.04. The fraction of sp³-hybridized carbons (Fsp3) is 0.0294. The third-order valence-electron chi connectivity index (χ3n) is 7.62. The molecule has 11 heteroatoms. The van der Waals surface area contributed by atoms with Gasteiger partial charge >= 0.3 is 6.09 Å². The van der Waals surface area contributed by atoms with Crippen molar-refractivity contribution in [3.05, 3.63) is 128 Å². The van der Waals surface area contributed by atoms with Gasteiger partial charge in [0.15, 0.2) is 34.4 Å². The molecular formula is C34H17N3O6S2. The summed E-state index contributed by atoms with van der Waals surface area (Å²) in [6, 6.07) is 22.4. The number of rotatable bonds is 4. The average Bonchev–Trinajstić information content (AvgIpc) is 3.83. The standard InChI is InChI=1S/C34H17N3O6S2/c38-26-18-10-4-5-11-19(18)27(39)22(26)14-24-35-32-30(44-24)31-33(37(32)34(42)43-16-17-8-2-1-3-9-17)36-25(45-31)15-23-28(40)20-12-6-7-13-21(20)29(23)41/h1-15H,16H2. The van der Waals surface area contributed by atoms with Crippen LogP contribution in [0.5, 0.6) is 0 Å². The van der Waals surface area contributed by atoms with Gasteiger partial charge in [0.1, 0.15) is 16.6 Å². The number of fused-ring (bicyclic) bond motifs is 5. The Bertz CT molecular complexity index is 2160. The third-order valence-corrected chi connectivity index (χ3v) is 9.76. The van der Waals surface area contributed by atoms with E-state index in [1.165, 1.54) is 39.4 Å². The number of allylic oxidation sites excluding steroid dienone is 2. The number of ketones is 4. The zero-order valence-corrected chi connectivity index (χ0v) is 24.6. The minimum Gasteiger partial charge on any atom is -0.444 e. The Kier molecular flexibility index (Phi) is 6.12. The van der Waals surface area contributed by atoms with Crippen molar-refractivity contribution in [3.63, 3.8) is 0 Å². The van der Waals surface area contributed by atoms with Crippen LogP contribution in [0.25, 0.3) is 32.8 Å². The number of aromatic nitrogens is 3. The first-order chi connectivity index (χ1) is 21.9. The van der Waals surface area contributed by atoms with Gasteiger partial charge in [-0.3, -0.25) is 19.2 Å². The van der Waals surface area contributed by atoms with Crippen LogP contribution in [0, 0.1) is 0 Å². The molecule has 9 nitrogen and oxygen atoms in total. The van der Waals surface area contributed by atoms with Crippen molar-refractivity contribution in [1.29, 1.82) is 0 Å². The van der Waals surface area contributed by atoms with Crippen LogP contribution in [-0.4, -0.2) is 43.8 Å². The van der Waals surface area contributed by atoms with Crippen molar-refractivity contribution in [2.75, 3.05) is 0 Å². The Morgan fingerprint density at radius 2 is 1.02 bits per heavy atom. The van der Waals surface area contributed by atoms with Crippen LogP contribution in [0.3, 0.4) is 0 Å². The molecule has 0 bridgehead atoms. The fourth-order valence-electron chi connectivity index (χ4n) is 5.49. The highest BCUT2D eigenvalue weighted by Crippen LogP contribution is 2.40. The maximum atomic E-state index is 13.5. The SMILES string of the molecule is O=C1C(=Cc2nc3c(s2)c2sc(C=C4C(=O)c5ccccc5C4=O)nc2n3C(=O)OCc2ccccc2)C(=O)c2ccccc21. The zero-order valence-electron chi connectivity index (χ0n) is 23.0. The van der Waals surface area contributed by atoms with Crippen LogP contribution >= 0.6 is 22.7 Å². The van der Waals surface area contributed by atoms with Gasteiger partial charge in [0.2, 0.25) is 0 Å². The number of hydrogen-bond acceptors (Lipinski definition) is 10. The summed E-state index contributed by atoms with van der Waals surface area (Å²) in [5.74, 6) is -1.54. The van der Waals surface area contributed by atoms with E-state index in [4.69, 9.17) is 4.74 Å². The van der Waals surface area contributed by atoms with Gasteiger partial charge in [0, 0.05) is 22.3 Å². The molecule has 0 fully saturated rings. The van der Waals surface area contributed by atoms with Crippen molar-refractivity contribution in [2.45, 2.75) is 6.61 Å². The van der Waals surface area contributed by atoms with E-state index in [0.717, 1.165) is 5.56 Å². The second-order valence-corrected chi connectivity index (χ2v) is 12.4. The molecule has 8 rings (SSSR count). The van der Waals surface area contributed by atoms with Crippen molar-refractivity contribution >= 4 is 84.7 Å². The number of hydrogen-bond donors (Lipinski definition) is 0. The Morgan fingerprint density at radius 3 is 1.44 bits per heavy atom. The lowest BCUT2D eigenvalue weighted by Gasteiger charge is -2.06. The Labute approximate surface area is 261 Å². The third kappa shape index (κ3) is 4.24. The second kappa shape index (κ2) is 10.2. The highest BCUT2D eigenvalue weighted by molar-refractivity contribution is 7.27. The molecule has 0 saturated carbocycles. The Morgan fingerprint density at radius 1 is 0.622 bits per heavy atom. The summed E-state index contributed by atoms with van der Waals surface area (Å²) in [6.07, 6.45) is 2.16. The molecule has 0 radical (unpaired) electrons. The largest absolute Gasteiger partial charge is 0.444 e. The average molecular weight is 628 g/mol. The van der Waals surface area contributed by atoms with Crippen LogP contribution in [-0.2, 0) is 11.3 Å². The molecular weight excluding hydrogens is 611 g/mol. The summed E-state index contributed by atoms with van der Waals surface area (Å²) in [6.45, 7) is 0.00541. The second-order valence-electron chi connectivity index (χ2n) is 10.3. The molecule has 2 aliphatic carbocycles. The first kappa shape index (κ1) is 26.9. The number of ether oxygens (including phenoxy) is 1. The fourth-order valence-corrected chi connectivity index (χ4v) is 7.60. The zero-order chi connectivity index (χ0) is 30.8. The molecule has 0 N–H and O–H groups in total. The molecule has 0 atom stereocenters. The van der Waals surface area contributed by atoms with Crippen LogP contribution in [0.4, 0.5) is 4.79 Å². The van der Waals surface area contributed by atoms with Gasteiger partial charge in [0.25, 0.3) is 0 Å². The molecule has 216 valence electrons. The van der Waals surface area contributed by atoms with E-state index >= 15 is 0 Å². The van der Waals surface area contributed by atoms with E-state index in [0.29, 0.717) is 41.7 Å². The van der Waals surface area contributed by atoms with Gasteiger partial charge in [-0.05, 0) is 17.7 Å². The maximum absolute atomic E-state index is 13.5. The highest BCUT2D eigenvalue weighted by Gasteiger charge is 2.35. The van der Waals surface area contributed by atoms with Crippen LogP contribution < -0.4 is 0 Å². The van der Waals surface area contributed by atoms with Crippen LogP contribution in [0.2, 0.25) is 0 Å². The molecule has 0 saturated heterocycles. The van der Waals surface area contributed by atoms with Gasteiger partial charge in [-0.1, -0.05) is 78.9 Å². The maximum Gasteiger partial charge on any atom is 0.421 e. The Balaban J connectivity index is 1.23. The molecule has 6 aromatic rings. The van der Waals surface area contributed by atoms with E-state index < -0.39 is 6.09 Å². The molecule has 2 aliphatic rings. The predicted octanol–water partition coefficient (Wildman–Crippen LogP) is 6.82. The van der Waals surface area contributed by atoms with E-state index in [1.807, 2.05) is 30.3 Å². The molecule has 3 heterocycles. The first-order valence-electron chi connectivity index (χ1n) is 13.7. The quantitative estimate of drug-likeness (QED) is 0.154. The lowest BCUT2D eigenvalue weighted by atomic mass is 10.1. The minimum absolute atomic E-state index is 0.00500. The smallest absolute Gasteiger partial charge is 0.421 e. The van der Waals surface area contributed by atoms with E-state index in [-0.39, 0.29) is 52.2 Å². The van der Waals surface area contributed by atoms with E-state index in [9.17, 15) is 24.0 Å². The number of carbonyl (C=O) groups excluding carboxylic acids is 5. The topological polar surface area (TPSA) is 125 Å². The summed E-state index contributed by atoms with van der Waals surface area (Å²) in [4.78, 5) is 74.8. The van der Waals surface area contributed by atoms with Crippen molar-refractivity contribution < 1.29 is 28.7 Å². The number of nitrogens with zero attached hydrogens (tertiary/aromatic N) is 3. The number of carbonyl (C=O) groups is 5. The molecule has 0 aliphatic heterocycles. The first-order valence-corrected chi connectivity index (χ1v) is 15.4. The summed E-state index contributed by atoms with van der Waals surface area (Å²) >= 11 is 2.38. The predicted molar refractivity (Wildman–Crippen MR) is 169 cm³/mol. The van der Waals surface area contributed by atoms with Crippen molar-refractivity contribution in [3.8, 4) is 0 Å². The summed E-state index contributed by atoms with van der Waals surface area (Å²) in [7, 11) is 0. The lowest BCUT2D eigenvalue weighted by molar-refractivity contribution is 0.0975. The van der Waals surface area contributed by atoms with Crippen molar-refractivity contribution in [2.24, 2.45) is 0 Å². The summed E-state index contributed by atoms with van der Waals surface area (Å²) in [5.41, 5.74) is 2.64. The summed E-state index contributed by atoms with van der Waals surface area (Å²) in [5, 5.41) is 0.696. The van der Waals surface area contributed by atoms with Gasteiger partial charge in [-0.25, -0.2) is 19.3 Å². The molecule has 0 amide bonds. The van der Waals surface area contributed by atoms with Gasteiger partial charge in [0.05, 0.1) is 20.5 Å². The molecule has 3 aromatic heterocycles. The van der Waals surface area contributed by atoms with Crippen molar-refractivity contribution in [1.82, 2.24) is 14.5 Å². The monoisotopic (exact) mass is 627 g/mol. The number of benzene rings is 3. The molecule has 0 spiro atoms. The van der Waals surface area contributed by atoms with Crippen LogP contribution in [0.15, 0.2) is 90.0 Å². The molecule has 3 aromatic carbocycles. The van der Waals surface area contributed by atoms with Gasteiger partial charge in [-0.2, -0.15) is 0 Å². The lowest BCUT2D eigenvalue weighted by Crippen LogP contribution is -2.14. The Hall–Kier alpha value is -5.65. The van der Waals surface area contributed by atoms with E-state index in [1.54, 1.807) is 48.5 Å². The van der Waals surface area contributed by atoms with Gasteiger partial charge in [-0.15, -0.1) is 22.7 Å². The number of thiazole rings is 2. The van der Waals surface area contributed by atoms with Crippen LogP contribution in [0.1, 0.15) is 57.0 Å². The highest BCUT2D eigenvalue weighted by atomic mass is 32.1. The van der Waals surface area contributed by atoms with E-state index in [2.05, 4.69) is 9.97 Å². The molecule has 0 unspecified atom stereocenters.